The number of benzene rings is 1. The van der Waals surface area contributed by atoms with Gasteiger partial charge in [0.25, 0.3) is 0 Å². The molecule has 0 saturated carbocycles. The van der Waals surface area contributed by atoms with Gasteiger partial charge in [-0.25, -0.2) is 4.39 Å². The molecule has 0 bridgehead atoms. The molecule has 1 aliphatic rings. The molecule has 0 aliphatic carbocycles. The van der Waals surface area contributed by atoms with Crippen molar-refractivity contribution in [3.8, 4) is 0 Å². The first-order valence-electron chi connectivity index (χ1n) is 4.40. The summed E-state index contributed by atoms with van der Waals surface area (Å²) in [6.07, 6.45) is 0. The summed E-state index contributed by atoms with van der Waals surface area (Å²) in [4.78, 5) is 0. The molecule has 1 aliphatic heterocycles. The fourth-order valence-corrected chi connectivity index (χ4v) is 1.78. The van der Waals surface area contributed by atoms with Gasteiger partial charge in [-0.15, -0.1) is 0 Å². The summed E-state index contributed by atoms with van der Waals surface area (Å²) in [5.74, 6) is -0.243. The Morgan fingerprint density at radius 2 is 2.21 bits per heavy atom. The lowest BCUT2D eigenvalue weighted by atomic mass is 9.88. The fourth-order valence-electron chi connectivity index (χ4n) is 1.60. The van der Waals surface area contributed by atoms with Crippen LogP contribution < -0.4 is 5.32 Å². The molecule has 1 aromatic rings. The van der Waals surface area contributed by atoms with E-state index in [-0.39, 0.29) is 5.82 Å². The van der Waals surface area contributed by atoms with Crippen LogP contribution in [0.2, 0.25) is 5.02 Å². The van der Waals surface area contributed by atoms with Crippen molar-refractivity contribution in [2.24, 2.45) is 0 Å². The minimum atomic E-state index is -0.394. The number of rotatable bonds is 2. The Morgan fingerprint density at radius 1 is 1.50 bits per heavy atom. The summed E-state index contributed by atoms with van der Waals surface area (Å²) in [6.45, 7) is 0.974. The summed E-state index contributed by atoms with van der Waals surface area (Å²) >= 11 is 5.83. The van der Waals surface area contributed by atoms with Gasteiger partial charge in [-0.05, 0) is 25.2 Å². The van der Waals surface area contributed by atoms with E-state index < -0.39 is 5.54 Å². The molecule has 0 radical (unpaired) electrons. The maximum atomic E-state index is 13.5. The van der Waals surface area contributed by atoms with Gasteiger partial charge >= 0.3 is 0 Å². The molecule has 76 valence electrons. The summed E-state index contributed by atoms with van der Waals surface area (Å²) in [5.41, 5.74) is 0.188. The lowest BCUT2D eigenvalue weighted by molar-refractivity contribution is -0.0763. The highest BCUT2D eigenvalue weighted by molar-refractivity contribution is 6.30. The van der Waals surface area contributed by atoms with Gasteiger partial charge in [0, 0.05) is 10.6 Å². The number of likely N-dealkylation sites (N-methyl/N-ethyl adjacent to an activating group) is 1. The maximum absolute atomic E-state index is 13.5. The molecule has 0 unspecified atom stereocenters. The van der Waals surface area contributed by atoms with Crippen molar-refractivity contribution >= 4 is 11.6 Å². The summed E-state index contributed by atoms with van der Waals surface area (Å²) in [6, 6.07) is 4.58. The third-order valence-corrected chi connectivity index (χ3v) is 2.85. The van der Waals surface area contributed by atoms with E-state index in [0.29, 0.717) is 23.8 Å². The highest BCUT2D eigenvalue weighted by atomic mass is 35.5. The minimum absolute atomic E-state index is 0.243. The first kappa shape index (κ1) is 9.90. The molecule has 2 rings (SSSR count). The fraction of sp³-hybridized carbons (Fsp3) is 0.400. The van der Waals surface area contributed by atoms with Gasteiger partial charge in [0.2, 0.25) is 0 Å². The maximum Gasteiger partial charge on any atom is 0.128 e. The highest BCUT2D eigenvalue weighted by Crippen LogP contribution is 2.32. The van der Waals surface area contributed by atoms with Crippen LogP contribution in [0.5, 0.6) is 0 Å². The van der Waals surface area contributed by atoms with Crippen molar-refractivity contribution in [2.45, 2.75) is 5.54 Å². The Bertz CT molecular complexity index is 346. The van der Waals surface area contributed by atoms with Gasteiger partial charge < -0.3 is 10.1 Å². The Balaban J connectivity index is 2.43. The first-order chi connectivity index (χ1) is 6.68. The second kappa shape index (κ2) is 3.50. The second-order valence-electron chi connectivity index (χ2n) is 3.45. The molecule has 0 aromatic heterocycles. The molecular weight excluding hydrogens is 205 g/mol. The first-order valence-corrected chi connectivity index (χ1v) is 4.78. The van der Waals surface area contributed by atoms with Gasteiger partial charge in [0.1, 0.15) is 5.82 Å². The predicted octanol–water partition coefficient (Wildman–Crippen LogP) is 1.92. The molecule has 1 aromatic carbocycles. The summed E-state index contributed by atoms with van der Waals surface area (Å²) < 4.78 is 18.6. The highest BCUT2D eigenvalue weighted by Gasteiger charge is 2.40. The summed E-state index contributed by atoms with van der Waals surface area (Å²) in [7, 11) is 1.79. The minimum Gasteiger partial charge on any atom is -0.377 e. The van der Waals surface area contributed by atoms with Crippen molar-refractivity contribution in [1.29, 1.82) is 0 Å². The van der Waals surface area contributed by atoms with Crippen LogP contribution in [0.3, 0.4) is 0 Å². The smallest absolute Gasteiger partial charge is 0.128 e. The topological polar surface area (TPSA) is 21.3 Å². The third kappa shape index (κ3) is 1.41. The number of nitrogens with one attached hydrogen (secondary N) is 1. The molecule has 2 nitrogen and oxygen atoms in total. The molecule has 14 heavy (non-hydrogen) atoms. The van der Waals surface area contributed by atoms with Crippen molar-refractivity contribution in [3.05, 3.63) is 34.6 Å². The molecule has 1 fully saturated rings. The number of halogens is 2. The van der Waals surface area contributed by atoms with Gasteiger partial charge in [0.15, 0.2) is 0 Å². The average molecular weight is 216 g/mol. The van der Waals surface area contributed by atoms with E-state index in [9.17, 15) is 4.39 Å². The normalized spacial score (nSPS) is 19.1. The van der Waals surface area contributed by atoms with Crippen LogP contribution in [-0.2, 0) is 10.3 Å². The zero-order valence-corrected chi connectivity index (χ0v) is 8.57. The lowest BCUT2D eigenvalue weighted by Crippen LogP contribution is -2.56. The molecular formula is C10H11ClFNO. The van der Waals surface area contributed by atoms with Crippen molar-refractivity contribution in [3.63, 3.8) is 0 Å². The largest absolute Gasteiger partial charge is 0.377 e. The van der Waals surface area contributed by atoms with Crippen molar-refractivity contribution < 1.29 is 9.13 Å². The number of hydrogen-bond donors (Lipinski definition) is 1. The Kier molecular flexibility index (Phi) is 2.47. The standard InChI is InChI=1S/C10H11ClFNO/c1-13-10(5-14-6-10)8-4-7(11)2-3-9(8)12/h2-4,13H,5-6H2,1H3. The monoisotopic (exact) mass is 215 g/mol. The second-order valence-corrected chi connectivity index (χ2v) is 3.89. The predicted molar refractivity (Wildman–Crippen MR) is 53.0 cm³/mol. The molecule has 0 atom stereocenters. The van der Waals surface area contributed by atoms with Crippen molar-refractivity contribution in [2.75, 3.05) is 20.3 Å². The number of ether oxygens (including phenoxy) is 1. The van der Waals surface area contributed by atoms with Crippen molar-refractivity contribution in [1.82, 2.24) is 5.32 Å². The van der Waals surface area contributed by atoms with Crippen LogP contribution in [0.4, 0.5) is 4.39 Å². The van der Waals surface area contributed by atoms with E-state index in [2.05, 4.69) is 5.32 Å². The molecule has 1 N–H and O–H groups in total. The lowest BCUT2D eigenvalue weighted by Gasteiger charge is -2.41. The van der Waals surface area contributed by atoms with Crippen LogP contribution in [0.15, 0.2) is 18.2 Å². The van der Waals surface area contributed by atoms with Gasteiger partial charge in [0.05, 0.1) is 18.8 Å². The number of hydrogen-bond acceptors (Lipinski definition) is 2. The quantitative estimate of drug-likeness (QED) is 0.814. The van der Waals surface area contributed by atoms with E-state index in [4.69, 9.17) is 16.3 Å². The van der Waals surface area contributed by atoms with E-state index in [0.717, 1.165) is 0 Å². The van der Waals surface area contributed by atoms with Crippen LogP contribution >= 0.6 is 11.6 Å². The third-order valence-electron chi connectivity index (χ3n) is 2.62. The molecule has 0 spiro atoms. The molecule has 1 heterocycles. The molecule has 4 heteroatoms. The van der Waals surface area contributed by atoms with Crippen LogP contribution in [-0.4, -0.2) is 20.3 Å². The Morgan fingerprint density at radius 3 is 2.71 bits per heavy atom. The molecule has 0 amide bonds. The average Bonchev–Trinajstić information content (AvgIpc) is 2.10. The molecule has 1 saturated heterocycles. The van der Waals surface area contributed by atoms with Gasteiger partial charge in [-0.3, -0.25) is 0 Å². The SMILES string of the molecule is CNC1(c2cc(Cl)ccc2F)COC1. The van der Waals surface area contributed by atoms with Crippen LogP contribution in [0.25, 0.3) is 0 Å². The van der Waals surface area contributed by atoms with E-state index in [1.807, 2.05) is 0 Å². The Labute approximate surface area is 87.0 Å². The van der Waals surface area contributed by atoms with E-state index in [1.54, 1.807) is 19.2 Å². The van der Waals surface area contributed by atoms with Gasteiger partial charge in [-0.2, -0.15) is 0 Å². The zero-order chi connectivity index (χ0) is 10.2. The van der Waals surface area contributed by atoms with Gasteiger partial charge in [-0.1, -0.05) is 11.6 Å². The Hall–Kier alpha value is -0.640. The van der Waals surface area contributed by atoms with E-state index >= 15 is 0 Å². The van der Waals surface area contributed by atoms with Crippen LogP contribution in [0.1, 0.15) is 5.56 Å². The van der Waals surface area contributed by atoms with E-state index in [1.165, 1.54) is 6.07 Å². The zero-order valence-electron chi connectivity index (χ0n) is 7.81. The van der Waals surface area contributed by atoms with Crippen LogP contribution in [0, 0.1) is 5.82 Å². The summed E-state index contributed by atoms with van der Waals surface area (Å²) in [5, 5.41) is 3.62.